The van der Waals surface area contributed by atoms with Crippen molar-refractivity contribution in [2.75, 3.05) is 13.1 Å². The Morgan fingerprint density at radius 3 is 2.48 bits per heavy atom. The number of sulfonamides is 1. The molecule has 0 unspecified atom stereocenters. The van der Waals surface area contributed by atoms with Crippen molar-refractivity contribution in [2.24, 2.45) is 0 Å². The summed E-state index contributed by atoms with van der Waals surface area (Å²) in [7, 11) is -3.68. The molecule has 1 amide bonds. The highest BCUT2D eigenvalue weighted by molar-refractivity contribution is 7.89. The molecule has 1 fully saturated rings. The van der Waals surface area contributed by atoms with Crippen molar-refractivity contribution in [1.82, 2.24) is 9.62 Å². The fourth-order valence-electron chi connectivity index (χ4n) is 2.04. The maximum atomic E-state index is 12.5. The van der Waals surface area contributed by atoms with Gasteiger partial charge in [0.15, 0.2) is 0 Å². The topological polar surface area (TPSA) is 66.5 Å². The Morgan fingerprint density at radius 1 is 1.33 bits per heavy atom. The number of hydrogen-bond acceptors (Lipinski definition) is 3. The van der Waals surface area contributed by atoms with Gasteiger partial charge in [0.05, 0.1) is 5.02 Å². The first-order valence-corrected chi connectivity index (χ1v) is 8.82. The molecule has 21 heavy (non-hydrogen) atoms. The number of hydrogen-bond donors (Lipinski definition) is 1. The van der Waals surface area contributed by atoms with Crippen LogP contribution in [0.3, 0.4) is 0 Å². The lowest BCUT2D eigenvalue weighted by Crippen LogP contribution is -2.31. The third kappa shape index (κ3) is 3.56. The third-order valence-electron chi connectivity index (χ3n) is 3.43. The van der Waals surface area contributed by atoms with Crippen LogP contribution in [0.25, 0.3) is 0 Å². The van der Waals surface area contributed by atoms with Crippen LogP contribution in [0.15, 0.2) is 23.1 Å². The zero-order valence-electron chi connectivity index (χ0n) is 12.1. The van der Waals surface area contributed by atoms with Gasteiger partial charge in [-0.15, -0.1) is 0 Å². The van der Waals surface area contributed by atoms with Crippen LogP contribution in [-0.4, -0.2) is 37.8 Å². The number of carbonyl (C=O) groups is 1. The molecule has 1 aromatic rings. The lowest BCUT2D eigenvalue weighted by atomic mass is 10.2. The first-order chi connectivity index (χ1) is 9.90. The van der Waals surface area contributed by atoms with Crippen molar-refractivity contribution in [3.8, 4) is 0 Å². The van der Waals surface area contributed by atoms with E-state index >= 15 is 0 Å². The van der Waals surface area contributed by atoms with Crippen LogP contribution >= 0.6 is 11.6 Å². The minimum absolute atomic E-state index is 0.0173. The van der Waals surface area contributed by atoms with E-state index in [-0.39, 0.29) is 21.9 Å². The predicted octanol–water partition coefficient (Wildman–Crippen LogP) is 2.26. The monoisotopic (exact) mass is 330 g/mol. The Kier molecular flexibility index (Phi) is 4.91. The fourth-order valence-corrected chi connectivity index (χ4v) is 4.00. The average molecular weight is 331 g/mol. The molecule has 0 bridgehead atoms. The van der Waals surface area contributed by atoms with Crippen LogP contribution in [0.5, 0.6) is 0 Å². The molecule has 0 aromatic heterocycles. The SMILES string of the molecule is CCN(CC)S(=O)(=O)c1cc(C(=O)NC2CC2)ccc1Cl. The second kappa shape index (κ2) is 6.34. The summed E-state index contributed by atoms with van der Waals surface area (Å²) in [6, 6.07) is 4.57. The molecule has 5 nitrogen and oxygen atoms in total. The van der Waals surface area contributed by atoms with Gasteiger partial charge in [-0.3, -0.25) is 4.79 Å². The molecule has 1 aromatic carbocycles. The highest BCUT2D eigenvalue weighted by Gasteiger charge is 2.27. The van der Waals surface area contributed by atoms with Gasteiger partial charge in [0, 0.05) is 24.7 Å². The van der Waals surface area contributed by atoms with E-state index in [0.29, 0.717) is 18.7 Å². The first-order valence-electron chi connectivity index (χ1n) is 7.00. The fraction of sp³-hybridized carbons (Fsp3) is 0.500. The zero-order valence-corrected chi connectivity index (χ0v) is 13.7. The first kappa shape index (κ1) is 16.3. The second-order valence-corrected chi connectivity index (χ2v) is 7.30. The van der Waals surface area contributed by atoms with Crippen LogP contribution in [0.4, 0.5) is 0 Å². The van der Waals surface area contributed by atoms with Crippen molar-refractivity contribution < 1.29 is 13.2 Å². The summed E-state index contributed by atoms with van der Waals surface area (Å²) in [6.07, 6.45) is 1.95. The Balaban J connectivity index is 2.36. The number of carbonyl (C=O) groups excluding carboxylic acids is 1. The molecule has 0 heterocycles. The van der Waals surface area contributed by atoms with E-state index in [9.17, 15) is 13.2 Å². The number of benzene rings is 1. The summed E-state index contributed by atoms with van der Waals surface area (Å²) in [5, 5.41) is 2.96. The van der Waals surface area contributed by atoms with Crippen molar-refractivity contribution in [3.63, 3.8) is 0 Å². The minimum Gasteiger partial charge on any atom is -0.349 e. The van der Waals surface area contributed by atoms with Gasteiger partial charge in [-0.25, -0.2) is 8.42 Å². The zero-order chi connectivity index (χ0) is 15.6. The third-order valence-corrected chi connectivity index (χ3v) is 5.96. The quantitative estimate of drug-likeness (QED) is 0.870. The van der Waals surface area contributed by atoms with E-state index in [1.807, 2.05) is 0 Å². The predicted molar refractivity (Wildman–Crippen MR) is 82.0 cm³/mol. The lowest BCUT2D eigenvalue weighted by molar-refractivity contribution is 0.0951. The molecule has 1 N–H and O–H groups in total. The number of rotatable bonds is 6. The highest BCUT2D eigenvalue weighted by Crippen LogP contribution is 2.26. The second-order valence-electron chi connectivity index (χ2n) is 4.98. The van der Waals surface area contributed by atoms with Crippen LogP contribution < -0.4 is 5.32 Å². The summed E-state index contributed by atoms with van der Waals surface area (Å²) < 4.78 is 26.4. The van der Waals surface area contributed by atoms with E-state index in [1.54, 1.807) is 19.9 Å². The maximum absolute atomic E-state index is 12.5. The van der Waals surface area contributed by atoms with Crippen molar-refractivity contribution in [3.05, 3.63) is 28.8 Å². The highest BCUT2D eigenvalue weighted by atomic mass is 35.5. The van der Waals surface area contributed by atoms with Gasteiger partial charge in [0.2, 0.25) is 10.0 Å². The maximum Gasteiger partial charge on any atom is 0.251 e. The van der Waals surface area contributed by atoms with Gasteiger partial charge in [0.25, 0.3) is 5.91 Å². The largest absolute Gasteiger partial charge is 0.349 e. The molecule has 2 rings (SSSR count). The molecule has 1 aliphatic rings. The van der Waals surface area contributed by atoms with Crippen LogP contribution in [0, 0.1) is 0 Å². The molecule has 1 saturated carbocycles. The van der Waals surface area contributed by atoms with Crippen molar-refractivity contribution in [2.45, 2.75) is 37.6 Å². The molecule has 0 aliphatic heterocycles. The average Bonchev–Trinajstić information content (AvgIpc) is 3.23. The molecule has 0 spiro atoms. The van der Waals surface area contributed by atoms with E-state index in [4.69, 9.17) is 11.6 Å². The standard InChI is InChI=1S/C14H19ClN2O3S/c1-3-17(4-2)21(19,20)13-9-10(5-8-12(13)15)14(18)16-11-6-7-11/h5,8-9,11H,3-4,6-7H2,1-2H3,(H,16,18). The van der Waals surface area contributed by atoms with E-state index in [0.717, 1.165) is 12.8 Å². The van der Waals surface area contributed by atoms with Gasteiger partial charge >= 0.3 is 0 Å². The molecule has 116 valence electrons. The van der Waals surface area contributed by atoms with Gasteiger partial charge in [0.1, 0.15) is 4.90 Å². The summed E-state index contributed by atoms with van der Waals surface area (Å²) >= 11 is 6.02. The Bertz CT molecular complexity index is 638. The minimum atomic E-state index is -3.68. The Morgan fingerprint density at radius 2 is 1.95 bits per heavy atom. The molecule has 1 aliphatic carbocycles. The van der Waals surface area contributed by atoms with Gasteiger partial charge in [-0.2, -0.15) is 4.31 Å². The molecule has 0 radical (unpaired) electrons. The Labute approximate surface area is 130 Å². The Hall–Kier alpha value is -1.11. The summed E-state index contributed by atoms with van der Waals surface area (Å²) in [5.41, 5.74) is 0.317. The lowest BCUT2D eigenvalue weighted by Gasteiger charge is -2.19. The van der Waals surface area contributed by atoms with Gasteiger partial charge in [-0.05, 0) is 31.0 Å². The molecule has 7 heteroatoms. The van der Waals surface area contributed by atoms with E-state index < -0.39 is 10.0 Å². The van der Waals surface area contributed by atoms with Gasteiger partial charge < -0.3 is 5.32 Å². The van der Waals surface area contributed by atoms with Crippen molar-refractivity contribution in [1.29, 1.82) is 0 Å². The molecular formula is C14H19ClN2O3S. The smallest absolute Gasteiger partial charge is 0.251 e. The van der Waals surface area contributed by atoms with Crippen LogP contribution in [-0.2, 0) is 10.0 Å². The van der Waals surface area contributed by atoms with Crippen molar-refractivity contribution >= 4 is 27.5 Å². The number of nitrogens with one attached hydrogen (secondary N) is 1. The van der Waals surface area contributed by atoms with E-state index in [1.165, 1.54) is 16.4 Å². The van der Waals surface area contributed by atoms with Gasteiger partial charge in [-0.1, -0.05) is 25.4 Å². The summed E-state index contributed by atoms with van der Waals surface area (Å²) in [4.78, 5) is 12.0. The summed E-state index contributed by atoms with van der Waals surface area (Å²) in [6.45, 7) is 4.23. The summed E-state index contributed by atoms with van der Waals surface area (Å²) in [5.74, 6) is -0.259. The molecular weight excluding hydrogens is 312 g/mol. The molecule has 0 saturated heterocycles. The van der Waals surface area contributed by atoms with Crippen LogP contribution in [0.2, 0.25) is 5.02 Å². The van der Waals surface area contributed by atoms with E-state index in [2.05, 4.69) is 5.32 Å². The normalized spacial score (nSPS) is 15.2. The van der Waals surface area contributed by atoms with Crippen LogP contribution in [0.1, 0.15) is 37.0 Å². The molecule has 0 atom stereocenters. The number of halogens is 1. The number of nitrogens with zero attached hydrogens (tertiary/aromatic N) is 1. The number of amides is 1.